The molecule has 0 radical (unpaired) electrons. The number of hydrogen-bond acceptors (Lipinski definition) is 4. The molecule has 3 rings (SSSR count). The van der Waals surface area contributed by atoms with Crippen molar-refractivity contribution < 1.29 is 13.2 Å². The smallest absolute Gasteiger partial charge is 0.268 e. The van der Waals surface area contributed by atoms with Crippen molar-refractivity contribution in [1.82, 2.24) is 10.3 Å². The van der Waals surface area contributed by atoms with Gasteiger partial charge < -0.3 is 10.3 Å². The van der Waals surface area contributed by atoms with Gasteiger partial charge in [-0.05, 0) is 31.0 Å². The van der Waals surface area contributed by atoms with E-state index in [1.54, 1.807) is 12.1 Å². The molecule has 0 unspecified atom stereocenters. The minimum atomic E-state index is -3.82. The van der Waals surface area contributed by atoms with Gasteiger partial charge in [-0.15, -0.1) is 0 Å². The van der Waals surface area contributed by atoms with Gasteiger partial charge >= 0.3 is 0 Å². The zero-order valence-corrected chi connectivity index (χ0v) is 13.4. The van der Waals surface area contributed by atoms with Gasteiger partial charge in [0.2, 0.25) is 9.84 Å². The molecule has 0 bridgehead atoms. The summed E-state index contributed by atoms with van der Waals surface area (Å²) in [5.41, 5.74) is -0.735. The van der Waals surface area contributed by atoms with Crippen LogP contribution in [0.4, 0.5) is 0 Å². The molecule has 118 valence electrons. The minimum absolute atomic E-state index is 0.0247. The predicted molar refractivity (Wildman–Crippen MR) is 82.7 cm³/mol. The van der Waals surface area contributed by atoms with Crippen molar-refractivity contribution >= 4 is 27.3 Å². The summed E-state index contributed by atoms with van der Waals surface area (Å²) in [5, 5.41) is 11.7. The average Bonchev–Trinajstić information content (AvgIpc) is 3.11. The Kier molecular flexibility index (Phi) is 3.66. The van der Waals surface area contributed by atoms with Crippen LogP contribution in [0.5, 0.6) is 0 Å². The number of aromatic nitrogens is 1. The highest BCUT2D eigenvalue weighted by Gasteiger charge is 2.45. The van der Waals surface area contributed by atoms with Crippen LogP contribution >= 0.6 is 11.6 Å². The first-order valence-electron chi connectivity index (χ1n) is 6.80. The highest BCUT2D eigenvalue weighted by molar-refractivity contribution is 7.91. The van der Waals surface area contributed by atoms with Gasteiger partial charge in [-0.25, -0.2) is 8.42 Å². The Morgan fingerprint density at radius 1 is 1.35 bits per heavy atom. The third kappa shape index (κ3) is 2.83. The second kappa shape index (κ2) is 5.41. The number of hydrogen-bond donors (Lipinski definition) is 2. The number of rotatable bonds is 4. The molecule has 1 aliphatic rings. The zero-order chi connectivity index (χ0) is 16.7. The molecule has 0 atom stereocenters. The zero-order valence-electron chi connectivity index (χ0n) is 11.8. The van der Waals surface area contributed by atoms with Crippen molar-refractivity contribution in [2.75, 3.05) is 0 Å². The summed E-state index contributed by atoms with van der Waals surface area (Å²) in [5.74, 6) is -0.510. The number of nitrogens with zero attached hydrogens (tertiary/aromatic N) is 1. The van der Waals surface area contributed by atoms with Gasteiger partial charge in [0.25, 0.3) is 5.91 Å². The lowest BCUT2D eigenvalue weighted by atomic mass is 10.3. The maximum absolute atomic E-state index is 12.6. The van der Waals surface area contributed by atoms with E-state index in [9.17, 15) is 13.2 Å². The molecule has 1 aromatic heterocycles. The SMILES string of the molecule is N#CC1(NC(=O)c2cc(S(=O)(=O)c3ccccc3Cl)c[nH]2)CC1. The lowest BCUT2D eigenvalue weighted by Gasteiger charge is -2.07. The fourth-order valence-electron chi connectivity index (χ4n) is 2.12. The summed E-state index contributed by atoms with van der Waals surface area (Å²) in [6.07, 6.45) is 2.43. The number of aromatic amines is 1. The van der Waals surface area contributed by atoms with Crippen LogP contribution in [0.2, 0.25) is 5.02 Å². The first-order valence-corrected chi connectivity index (χ1v) is 8.66. The minimum Gasteiger partial charge on any atom is -0.356 e. The topological polar surface area (TPSA) is 103 Å². The maximum atomic E-state index is 12.6. The van der Waals surface area contributed by atoms with E-state index < -0.39 is 21.3 Å². The summed E-state index contributed by atoms with van der Waals surface area (Å²) in [7, 11) is -3.82. The van der Waals surface area contributed by atoms with Crippen molar-refractivity contribution in [3.05, 3.63) is 47.2 Å². The van der Waals surface area contributed by atoms with Crippen molar-refractivity contribution in [2.24, 2.45) is 0 Å². The fourth-order valence-corrected chi connectivity index (χ4v) is 3.89. The fraction of sp³-hybridized carbons (Fsp3) is 0.200. The third-order valence-electron chi connectivity index (χ3n) is 3.65. The number of halogens is 1. The van der Waals surface area contributed by atoms with Crippen molar-refractivity contribution in [1.29, 1.82) is 5.26 Å². The Hall–Kier alpha value is -2.30. The number of nitrogens with one attached hydrogen (secondary N) is 2. The number of carbonyl (C=O) groups excluding carboxylic acids is 1. The molecule has 6 nitrogen and oxygen atoms in total. The van der Waals surface area contributed by atoms with Crippen LogP contribution in [0.25, 0.3) is 0 Å². The molecule has 0 spiro atoms. The second-order valence-corrected chi connectivity index (χ2v) is 7.66. The van der Waals surface area contributed by atoms with E-state index in [1.165, 1.54) is 24.4 Å². The number of H-pyrrole nitrogens is 1. The molecular formula is C15H12ClN3O3S. The van der Waals surface area contributed by atoms with Gasteiger partial charge in [0.05, 0.1) is 20.9 Å². The molecule has 2 N–H and O–H groups in total. The molecule has 1 fully saturated rings. The highest BCUT2D eigenvalue weighted by Crippen LogP contribution is 2.34. The Balaban J connectivity index is 1.89. The lowest BCUT2D eigenvalue weighted by molar-refractivity contribution is 0.0937. The van der Waals surface area contributed by atoms with Crippen LogP contribution in [-0.2, 0) is 9.84 Å². The summed E-state index contributed by atoms with van der Waals surface area (Å²) < 4.78 is 25.1. The molecule has 1 aromatic carbocycles. The molecule has 23 heavy (non-hydrogen) atoms. The van der Waals surface area contributed by atoms with E-state index in [0.717, 1.165) is 0 Å². The van der Waals surface area contributed by atoms with E-state index in [1.807, 2.05) is 6.07 Å². The van der Waals surface area contributed by atoms with Gasteiger partial charge in [0.1, 0.15) is 11.2 Å². The molecule has 0 saturated heterocycles. The summed E-state index contributed by atoms with van der Waals surface area (Å²) in [6, 6.07) is 9.37. The highest BCUT2D eigenvalue weighted by atomic mass is 35.5. The molecule has 2 aromatic rings. The summed E-state index contributed by atoms with van der Waals surface area (Å²) >= 11 is 5.94. The largest absolute Gasteiger partial charge is 0.356 e. The Bertz CT molecular complexity index is 923. The molecule has 1 heterocycles. The number of sulfone groups is 1. The van der Waals surface area contributed by atoms with Crippen LogP contribution in [0.15, 0.2) is 46.3 Å². The Morgan fingerprint density at radius 2 is 2.04 bits per heavy atom. The number of amides is 1. The normalized spacial score (nSPS) is 15.7. The van der Waals surface area contributed by atoms with Crippen LogP contribution in [0.3, 0.4) is 0 Å². The van der Waals surface area contributed by atoms with Crippen LogP contribution in [0, 0.1) is 11.3 Å². The quantitative estimate of drug-likeness (QED) is 0.883. The van der Waals surface area contributed by atoms with E-state index in [4.69, 9.17) is 16.9 Å². The summed E-state index contributed by atoms with van der Waals surface area (Å²) in [6.45, 7) is 0. The maximum Gasteiger partial charge on any atom is 0.268 e. The molecule has 1 aliphatic carbocycles. The average molecular weight is 350 g/mol. The van der Waals surface area contributed by atoms with Gasteiger partial charge in [-0.2, -0.15) is 5.26 Å². The lowest BCUT2D eigenvalue weighted by Crippen LogP contribution is -2.35. The van der Waals surface area contributed by atoms with E-state index in [-0.39, 0.29) is 20.5 Å². The van der Waals surface area contributed by atoms with Crippen molar-refractivity contribution in [3.8, 4) is 6.07 Å². The molecule has 0 aliphatic heterocycles. The predicted octanol–water partition coefficient (Wildman–Crippen LogP) is 2.29. The van der Waals surface area contributed by atoms with Crippen LogP contribution in [0.1, 0.15) is 23.3 Å². The number of benzene rings is 1. The van der Waals surface area contributed by atoms with Crippen molar-refractivity contribution in [3.63, 3.8) is 0 Å². The number of carbonyl (C=O) groups is 1. The van der Waals surface area contributed by atoms with Crippen LogP contribution in [-0.4, -0.2) is 24.8 Å². The first-order chi connectivity index (χ1) is 10.9. The van der Waals surface area contributed by atoms with Gasteiger partial charge in [-0.3, -0.25) is 4.79 Å². The Morgan fingerprint density at radius 3 is 2.65 bits per heavy atom. The number of nitriles is 1. The van der Waals surface area contributed by atoms with Gasteiger partial charge in [0.15, 0.2) is 0 Å². The van der Waals surface area contributed by atoms with E-state index in [0.29, 0.717) is 12.8 Å². The van der Waals surface area contributed by atoms with Crippen LogP contribution < -0.4 is 5.32 Å². The molecular weight excluding hydrogens is 338 g/mol. The molecule has 1 saturated carbocycles. The Labute approximate surface area is 138 Å². The van der Waals surface area contributed by atoms with Gasteiger partial charge in [0, 0.05) is 6.20 Å². The summed E-state index contributed by atoms with van der Waals surface area (Å²) in [4.78, 5) is 14.6. The second-order valence-electron chi connectivity index (χ2n) is 5.33. The molecule has 1 amide bonds. The third-order valence-corrected chi connectivity index (χ3v) is 5.89. The standard InChI is InChI=1S/C15H12ClN3O3S/c16-11-3-1-2-4-13(11)23(21,22)10-7-12(18-8-10)14(20)19-15(9-17)5-6-15/h1-4,7-8,18H,5-6H2,(H,19,20). The molecule has 8 heteroatoms. The van der Waals surface area contributed by atoms with Gasteiger partial charge in [-0.1, -0.05) is 23.7 Å². The van der Waals surface area contributed by atoms with E-state index in [2.05, 4.69) is 10.3 Å². The van der Waals surface area contributed by atoms with Crippen molar-refractivity contribution in [2.45, 2.75) is 28.2 Å². The van der Waals surface area contributed by atoms with E-state index >= 15 is 0 Å². The first kappa shape index (κ1) is 15.6. The monoisotopic (exact) mass is 349 g/mol.